The zero-order valence-corrected chi connectivity index (χ0v) is 18.3. The van der Waals surface area contributed by atoms with E-state index in [1.807, 2.05) is 13.8 Å². The maximum Gasteiger partial charge on any atom is 0.191 e. The average Bonchev–Trinajstić information content (AvgIpc) is 3.07. The van der Waals surface area contributed by atoms with Gasteiger partial charge in [-0.15, -0.1) is 24.0 Å². The summed E-state index contributed by atoms with van der Waals surface area (Å²) in [5.41, 5.74) is 0. The van der Waals surface area contributed by atoms with Crippen LogP contribution in [-0.2, 0) is 0 Å². The Kier molecular flexibility index (Phi) is 10.9. The lowest BCUT2D eigenvalue weighted by molar-refractivity contribution is 0.220. The van der Waals surface area contributed by atoms with E-state index in [1.165, 1.54) is 19.0 Å². The molecule has 1 aliphatic rings. The molecular weight excluding hydrogens is 446 g/mol. The third-order valence-electron chi connectivity index (χ3n) is 4.39. The van der Waals surface area contributed by atoms with Gasteiger partial charge in [0.1, 0.15) is 6.10 Å². The maximum absolute atomic E-state index is 13.6. The number of nitrogens with zero attached hydrogens (tertiary/aromatic N) is 2. The van der Waals surface area contributed by atoms with Crippen LogP contribution in [0.2, 0.25) is 0 Å². The highest BCUT2D eigenvalue weighted by atomic mass is 127. The molecule has 0 aromatic heterocycles. The number of hydrogen-bond acceptors (Lipinski definition) is 3. The number of nitrogens with one attached hydrogen (secondary N) is 2. The van der Waals surface area contributed by atoms with Crippen molar-refractivity contribution in [1.29, 1.82) is 0 Å². The normalized spacial score (nSPS) is 18.9. The van der Waals surface area contributed by atoms with Crippen molar-refractivity contribution in [2.45, 2.75) is 33.3 Å². The van der Waals surface area contributed by atoms with Crippen LogP contribution in [0.5, 0.6) is 5.75 Å². The van der Waals surface area contributed by atoms with E-state index in [4.69, 9.17) is 4.74 Å². The molecule has 1 fully saturated rings. The van der Waals surface area contributed by atoms with E-state index in [0.29, 0.717) is 12.5 Å². The summed E-state index contributed by atoms with van der Waals surface area (Å²) in [6, 6.07) is 6.46. The Bertz CT molecular complexity index is 558. The van der Waals surface area contributed by atoms with Gasteiger partial charge in [0.15, 0.2) is 17.5 Å². The first-order chi connectivity index (χ1) is 12.1. The summed E-state index contributed by atoms with van der Waals surface area (Å²) in [7, 11) is 0. The number of para-hydroxylation sites is 1. The van der Waals surface area contributed by atoms with Gasteiger partial charge in [-0.25, -0.2) is 9.38 Å². The Morgan fingerprint density at radius 3 is 2.77 bits per heavy atom. The van der Waals surface area contributed by atoms with Gasteiger partial charge in [-0.1, -0.05) is 19.1 Å². The van der Waals surface area contributed by atoms with Crippen LogP contribution in [0.25, 0.3) is 0 Å². The van der Waals surface area contributed by atoms with Crippen LogP contribution in [0.1, 0.15) is 27.2 Å². The fourth-order valence-corrected chi connectivity index (χ4v) is 2.96. The lowest BCUT2D eigenvalue weighted by Gasteiger charge is -2.17. The van der Waals surface area contributed by atoms with Gasteiger partial charge >= 0.3 is 0 Å². The van der Waals surface area contributed by atoms with Crippen LogP contribution in [0.4, 0.5) is 4.39 Å². The van der Waals surface area contributed by atoms with Crippen molar-refractivity contribution in [3.8, 4) is 5.75 Å². The Morgan fingerprint density at radius 1 is 1.35 bits per heavy atom. The molecule has 0 saturated carbocycles. The van der Waals surface area contributed by atoms with Crippen molar-refractivity contribution in [1.82, 2.24) is 15.5 Å². The highest BCUT2D eigenvalue weighted by Gasteiger charge is 2.21. The van der Waals surface area contributed by atoms with Crippen LogP contribution < -0.4 is 15.4 Å². The second kappa shape index (κ2) is 12.3. The minimum atomic E-state index is -0.343. The van der Waals surface area contributed by atoms with Crippen LogP contribution in [0.3, 0.4) is 0 Å². The maximum atomic E-state index is 13.6. The van der Waals surface area contributed by atoms with E-state index in [9.17, 15) is 4.39 Å². The molecule has 0 spiro atoms. The molecule has 2 N–H and O–H groups in total. The van der Waals surface area contributed by atoms with E-state index in [-0.39, 0.29) is 41.6 Å². The third-order valence-corrected chi connectivity index (χ3v) is 4.39. The quantitative estimate of drug-likeness (QED) is 0.343. The van der Waals surface area contributed by atoms with Gasteiger partial charge in [0, 0.05) is 19.6 Å². The summed E-state index contributed by atoms with van der Waals surface area (Å²) >= 11 is 0. The van der Waals surface area contributed by atoms with E-state index >= 15 is 0 Å². The molecule has 2 unspecified atom stereocenters. The molecule has 0 aliphatic carbocycles. The van der Waals surface area contributed by atoms with Crippen molar-refractivity contribution in [3.05, 3.63) is 30.1 Å². The fraction of sp³-hybridized carbons (Fsp3) is 0.632. The fourth-order valence-electron chi connectivity index (χ4n) is 2.96. The SMILES string of the molecule is CCNC(=NCC(C)Oc1ccccc1F)NCC1CCN(CC)C1.I. The summed E-state index contributed by atoms with van der Waals surface area (Å²) in [5, 5.41) is 6.68. The Morgan fingerprint density at radius 2 is 2.12 bits per heavy atom. The lowest BCUT2D eigenvalue weighted by Crippen LogP contribution is -2.41. The van der Waals surface area contributed by atoms with Crippen LogP contribution in [-0.4, -0.2) is 56.2 Å². The minimum absolute atomic E-state index is 0. The number of likely N-dealkylation sites (tertiary alicyclic amines) is 1. The number of benzene rings is 1. The summed E-state index contributed by atoms with van der Waals surface area (Å²) in [6.07, 6.45) is 1.03. The van der Waals surface area contributed by atoms with Gasteiger partial charge in [-0.3, -0.25) is 0 Å². The molecule has 148 valence electrons. The van der Waals surface area contributed by atoms with Crippen LogP contribution >= 0.6 is 24.0 Å². The van der Waals surface area contributed by atoms with Crippen LogP contribution in [0, 0.1) is 11.7 Å². The molecule has 2 rings (SSSR count). The van der Waals surface area contributed by atoms with Crippen LogP contribution in [0.15, 0.2) is 29.3 Å². The van der Waals surface area contributed by atoms with Gasteiger partial charge in [-0.05, 0) is 51.4 Å². The predicted molar refractivity (Wildman–Crippen MR) is 116 cm³/mol. The summed E-state index contributed by atoms with van der Waals surface area (Å²) in [4.78, 5) is 7.05. The molecule has 1 heterocycles. The summed E-state index contributed by atoms with van der Waals surface area (Å²) in [6.45, 7) is 11.8. The van der Waals surface area contributed by atoms with E-state index in [1.54, 1.807) is 18.2 Å². The third kappa shape index (κ3) is 7.65. The van der Waals surface area contributed by atoms with E-state index in [0.717, 1.165) is 32.1 Å². The molecule has 0 radical (unpaired) electrons. The average molecular weight is 478 g/mol. The molecule has 0 amide bonds. The Balaban J connectivity index is 0.00000338. The van der Waals surface area contributed by atoms with Crippen molar-refractivity contribution < 1.29 is 9.13 Å². The second-order valence-corrected chi connectivity index (χ2v) is 6.51. The largest absolute Gasteiger partial charge is 0.486 e. The Labute approximate surface area is 173 Å². The molecule has 7 heteroatoms. The number of guanidine groups is 1. The number of halogens is 2. The molecule has 1 aromatic rings. The smallest absolute Gasteiger partial charge is 0.191 e. The summed E-state index contributed by atoms with van der Waals surface area (Å²) < 4.78 is 19.3. The standard InChI is InChI=1S/C19H31FN4O.HI/c1-4-21-19(23-13-16-10-11-24(5-2)14-16)22-12-15(3)25-18-9-7-6-8-17(18)20;/h6-9,15-16H,4-5,10-14H2,1-3H3,(H2,21,22,23);1H. The molecule has 1 aromatic carbocycles. The first-order valence-corrected chi connectivity index (χ1v) is 9.28. The van der Waals surface area contributed by atoms with Gasteiger partial charge in [-0.2, -0.15) is 0 Å². The highest BCUT2D eigenvalue weighted by Crippen LogP contribution is 2.17. The molecule has 1 aliphatic heterocycles. The van der Waals surface area contributed by atoms with Crippen molar-refractivity contribution >= 4 is 29.9 Å². The molecule has 5 nitrogen and oxygen atoms in total. The topological polar surface area (TPSA) is 48.9 Å². The Hall–Kier alpha value is -1.09. The first kappa shape index (κ1) is 23.0. The van der Waals surface area contributed by atoms with Gasteiger partial charge in [0.25, 0.3) is 0 Å². The summed E-state index contributed by atoms with van der Waals surface area (Å²) in [5.74, 6) is 1.39. The monoisotopic (exact) mass is 478 g/mol. The van der Waals surface area contributed by atoms with Gasteiger partial charge < -0.3 is 20.3 Å². The zero-order chi connectivity index (χ0) is 18.1. The predicted octanol–water partition coefficient (Wildman–Crippen LogP) is 3.11. The lowest BCUT2D eigenvalue weighted by atomic mass is 10.1. The van der Waals surface area contributed by atoms with Crippen molar-refractivity contribution in [2.75, 3.05) is 39.3 Å². The highest BCUT2D eigenvalue weighted by molar-refractivity contribution is 14.0. The van der Waals surface area contributed by atoms with E-state index in [2.05, 4.69) is 27.4 Å². The zero-order valence-electron chi connectivity index (χ0n) is 16.0. The first-order valence-electron chi connectivity index (χ1n) is 9.28. The number of rotatable bonds is 8. The second-order valence-electron chi connectivity index (χ2n) is 6.51. The van der Waals surface area contributed by atoms with E-state index < -0.39 is 0 Å². The number of aliphatic imine (C=N–C) groups is 1. The molecule has 2 atom stereocenters. The van der Waals surface area contributed by atoms with Crippen molar-refractivity contribution in [2.24, 2.45) is 10.9 Å². The van der Waals surface area contributed by atoms with Gasteiger partial charge in [0.2, 0.25) is 0 Å². The molecule has 1 saturated heterocycles. The van der Waals surface area contributed by atoms with Crippen molar-refractivity contribution in [3.63, 3.8) is 0 Å². The number of ether oxygens (including phenoxy) is 1. The molecule has 0 bridgehead atoms. The molecule has 26 heavy (non-hydrogen) atoms. The number of hydrogen-bond donors (Lipinski definition) is 2. The van der Waals surface area contributed by atoms with Gasteiger partial charge in [0.05, 0.1) is 6.54 Å². The minimum Gasteiger partial charge on any atom is -0.486 e. The molecular formula is C19H32FIN4O.